The largest absolute Gasteiger partial charge is 0.493 e. The molecule has 2 N–H and O–H groups in total. The minimum absolute atomic E-state index is 0.460. The summed E-state index contributed by atoms with van der Waals surface area (Å²) in [5, 5.41) is 0.709. The second kappa shape index (κ2) is 8.39. The SMILES string of the molecule is CCCCC(CC)COc1ccc(Cl)cc1CN. The molecule has 0 heterocycles. The summed E-state index contributed by atoms with van der Waals surface area (Å²) in [7, 11) is 0. The van der Waals surface area contributed by atoms with Crippen molar-refractivity contribution < 1.29 is 4.74 Å². The highest BCUT2D eigenvalue weighted by Crippen LogP contribution is 2.24. The molecule has 0 fully saturated rings. The lowest BCUT2D eigenvalue weighted by molar-refractivity contribution is 0.231. The lowest BCUT2D eigenvalue weighted by Crippen LogP contribution is -2.12. The van der Waals surface area contributed by atoms with Gasteiger partial charge >= 0.3 is 0 Å². The fraction of sp³-hybridized carbons (Fsp3) is 0.600. The molecule has 0 aliphatic heterocycles. The summed E-state index contributed by atoms with van der Waals surface area (Å²) in [6.45, 7) is 5.67. The van der Waals surface area contributed by atoms with Crippen LogP contribution in [0.3, 0.4) is 0 Å². The number of hydrogen-bond donors (Lipinski definition) is 1. The predicted octanol–water partition coefficient (Wildman–Crippen LogP) is 4.39. The first-order valence-corrected chi connectivity index (χ1v) is 7.20. The second-order valence-electron chi connectivity index (χ2n) is 4.68. The quantitative estimate of drug-likeness (QED) is 0.759. The number of ether oxygens (including phenoxy) is 1. The molecule has 0 bridgehead atoms. The van der Waals surface area contributed by atoms with Crippen LogP contribution in [0.25, 0.3) is 0 Å². The molecule has 0 radical (unpaired) electrons. The zero-order valence-corrected chi connectivity index (χ0v) is 12.2. The van der Waals surface area contributed by atoms with E-state index in [-0.39, 0.29) is 0 Å². The van der Waals surface area contributed by atoms with E-state index in [9.17, 15) is 0 Å². The van der Waals surface area contributed by atoms with Crippen molar-refractivity contribution in [3.63, 3.8) is 0 Å². The summed E-state index contributed by atoms with van der Waals surface area (Å²) in [4.78, 5) is 0. The Balaban J connectivity index is 2.56. The number of benzene rings is 1. The number of nitrogens with two attached hydrogens (primary N) is 1. The van der Waals surface area contributed by atoms with Crippen LogP contribution < -0.4 is 10.5 Å². The summed E-state index contributed by atoms with van der Waals surface area (Å²) in [5.74, 6) is 1.50. The first-order valence-electron chi connectivity index (χ1n) is 6.82. The van der Waals surface area contributed by atoms with E-state index in [2.05, 4.69) is 13.8 Å². The average molecular weight is 270 g/mol. The highest BCUT2D eigenvalue weighted by molar-refractivity contribution is 6.30. The van der Waals surface area contributed by atoms with Crippen molar-refractivity contribution in [3.8, 4) is 5.75 Å². The zero-order valence-electron chi connectivity index (χ0n) is 11.4. The molecule has 0 aliphatic carbocycles. The van der Waals surface area contributed by atoms with Gasteiger partial charge in [-0.3, -0.25) is 0 Å². The van der Waals surface area contributed by atoms with Gasteiger partial charge in [-0.25, -0.2) is 0 Å². The number of rotatable bonds is 8. The minimum Gasteiger partial charge on any atom is -0.493 e. The van der Waals surface area contributed by atoms with Gasteiger partial charge in [-0.05, 0) is 30.5 Å². The molecular formula is C15H24ClNO. The maximum atomic E-state index is 5.94. The van der Waals surface area contributed by atoms with E-state index in [1.165, 1.54) is 19.3 Å². The lowest BCUT2D eigenvalue weighted by atomic mass is 10.0. The molecule has 0 saturated heterocycles. The van der Waals surface area contributed by atoms with E-state index in [0.717, 1.165) is 24.3 Å². The van der Waals surface area contributed by atoms with Crippen molar-refractivity contribution in [2.24, 2.45) is 11.7 Å². The van der Waals surface area contributed by atoms with Crippen LogP contribution in [-0.4, -0.2) is 6.61 Å². The third-order valence-corrected chi connectivity index (χ3v) is 3.50. The van der Waals surface area contributed by atoms with Crippen LogP contribution in [0.1, 0.15) is 45.1 Å². The van der Waals surface area contributed by atoms with Gasteiger partial charge in [-0.15, -0.1) is 0 Å². The van der Waals surface area contributed by atoms with Gasteiger partial charge in [0.25, 0.3) is 0 Å². The van der Waals surface area contributed by atoms with Crippen LogP contribution >= 0.6 is 11.6 Å². The highest BCUT2D eigenvalue weighted by atomic mass is 35.5. The number of halogens is 1. The molecule has 0 aliphatic rings. The Morgan fingerprint density at radius 1 is 1.33 bits per heavy atom. The van der Waals surface area contributed by atoms with Crippen LogP contribution in [0.5, 0.6) is 5.75 Å². The fourth-order valence-electron chi connectivity index (χ4n) is 1.95. The van der Waals surface area contributed by atoms with Crippen LogP contribution in [-0.2, 0) is 6.54 Å². The summed E-state index contributed by atoms with van der Waals surface area (Å²) >= 11 is 5.94. The second-order valence-corrected chi connectivity index (χ2v) is 5.12. The normalized spacial score (nSPS) is 12.4. The van der Waals surface area contributed by atoms with Crippen molar-refractivity contribution in [1.82, 2.24) is 0 Å². The molecule has 2 nitrogen and oxygen atoms in total. The summed E-state index contributed by atoms with van der Waals surface area (Å²) in [6.07, 6.45) is 4.90. The van der Waals surface area contributed by atoms with Gasteiger partial charge in [0.1, 0.15) is 5.75 Å². The van der Waals surface area contributed by atoms with Gasteiger partial charge in [0, 0.05) is 17.1 Å². The summed E-state index contributed by atoms with van der Waals surface area (Å²) in [5.41, 5.74) is 6.68. The van der Waals surface area contributed by atoms with Crippen molar-refractivity contribution in [3.05, 3.63) is 28.8 Å². The van der Waals surface area contributed by atoms with Crippen LogP contribution in [0.4, 0.5) is 0 Å². The third-order valence-electron chi connectivity index (χ3n) is 3.26. The van der Waals surface area contributed by atoms with Crippen molar-refractivity contribution in [2.75, 3.05) is 6.61 Å². The average Bonchev–Trinajstić information content (AvgIpc) is 2.40. The molecule has 1 unspecified atom stereocenters. The van der Waals surface area contributed by atoms with Crippen molar-refractivity contribution in [1.29, 1.82) is 0 Å². The van der Waals surface area contributed by atoms with Gasteiger partial charge in [-0.1, -0.05) is 44.7 Å². The van der Waals surface area contributed by atoms with E-state index in [0.29, 0.717) is 17.5 Å². The smallest absolute Gasteiger partial charge is 0.123 e. The fourth-order valence-corrected chi connectivity index (χ4v) is 2.15. The monoisotopic (exact) mass is 269 g/mol. The van der Waals surface area contributed by atoms with E-state index < -0.39 is 0 Å². The summed E-state index contributed by atoms with van der Waals surface area (Å²) < 4.78 is 5.89. The minimum atomic E-state index is 0.460. The van der Waals surface area contributed by atoms with Crippen LogP contribution in [0, 0.1) is 5.92 Å². The predicted molar refractivity (Wildman–Crippen MR) is 78.1 cm³/mol. The Morgan fingerprint density at radius 3 is 2.72 bits per heavy atom. The van der Waals surface area contributed by atoms with Gasteiger partial charge in [0.2, 0.25) is 0 Å². The number of hydrogen-bond acceptors (Lipinski definition) is 2. The van der Waals surface area contributed by atoms with Gasteiger partial charge < -0.3 is 10.5 Å². The van der Waals surface area contributed by atoms with Gasteiger partial charge in [-0.2, -0.15) is 0 Å². The maximum Gasteiger partial charge on any atom is 0.123 e. The van der Waals surface area contributed by atoms with Crippen LogP contribution in [0.15, 0.2) is 18.2 Å². The standard InChI is InChI=1S/C15H24ClNO/c1-3-5-6-12(4-2)11-18-15-8-7-14(16)9-13(15)10-17/h7-9,12H,3-6,10-11,17H2,1-2H3. The first kappa shape index (κ1) is 15.3. The third kappa shape index (κ3) is 4.87. The summed E-state index contributed by atoms with van der Waals surface area (Å²) in [6, 6.07) is 5.64. The van der Waals surface area contributed by atoms with E-state index in [1.807, 2.05) is 18.2 Å². The van der Waals surface area contributed by atoms with Crippen molar-refractivity contribution >= 4 is 11.6 Å². The molecule has 0 saturated carbocycles. The molecular weight excluding hydrogens is 246 g/mol. The van der Waals surface area contributed by atoms with Crippen LogP contribution in [0.2, 0.25) is 5.02 Å². The van der Waals surface area contributed by atoms with Gasteiger partial charge in [0.05, 0.1) is 6.61 Å². The molecule has 1 aromatic rings. The molecule has 18 heavy (non-hydrogen) atoms. The highest BCUT2D eigenvalue weighted by Gasteiger charge is 2.09. The van der Waals surface area contributed by atoms with E-state index >= 15 is 0 Å². The maximum absolute atomic E-state index is 5.94. The topological polar surface area (TPSA) is 35.2 Å². The Bertz CT molecular complexity index is 354. The molecule has 0 spiro atoms. The Kier molecular flexibility index (Phi) is 7.14. The zero-order chi connectivity index (χ0) is 13.4. The van der Waals surface area contributed by atoms with Gasteiger partial charge in [0.15, 0.2) is 0 Å². The molecule has 0 aromatic heterocycles. The molecule has 102 valence electrons. The first-order chi connectivity index (χ1) is 8.71. The number of unbranched alkanes of at least 4 members (excludes halogenated alkanes) is 1. The van der Waals surface area contributed by atoms with E-state index in [1.54, 1.807) is 0 Å². The van der Waals surface area contributed by atoms with E-state index in [4.69, 9.17) is 22.1 Å². The molecule has 0 amide bonds. The lowest BCUT2D eigenvalue weighted by Gasteiger charge is -2.17. The molecule has 1 rings (SSSR count). The Hall–Kier alpha value is -0.730. The molecule has 3 heteroatoms. The Morgan fingerprint density at radius 2 is 2.11 bits per heavy atom. The Labute approximate surface area is 115 Å². The molecule has 1 atom stereocenters. The molecule has 1 aromatic carbocycles. The van der Waals surface area contributed by atoms with Crippen molar-refractivity contribution in [2.45, 2.75) is 46.1 Å².